The van der Waals surface area contributed by atoms with Crippen molar-refractivity contribution in [2.24, 2.45) is 5.41 Å². The molecule has 3 rings (SSSR count). The van der Waals surface area contributed by atoms with Crippen molar-refractivity contribution in [1.82, 2.24) is 15.3 Å². The van der Waals surface area contributed by atoms with Crippen molar-refractivity contribution >= 4 is 5.82 Å². The number of nitrogens with zero attached hydrogens (tertiary/aromatic N) is 3. The van der Waals surface area contributed by atoms with E-state index in [2.05, 4.69) is 20.2 Å². The Morgan fingerprint density at radius 2 is 2.17 bits per heavy atom. The second kappa shape index (κ2) is 4.72. The van der Waals surface area contributed by atoms with Gasteiger partial charge in [0.25, 0.3) is 0 Å². The summed E-state index contributed by atoms with van der Waals surface area (Å²) in [7, 11) is 1.61. The molecule has 98 valence electrons. The van der Waals surface area contributed by atoms with Crippen LogP contribution in [0.2, 0.25) is 0 Å². The average Bonchev–Trinajstić information content (AvgIpc) is 2.83. The van der Waals surface area contributed by atoms with E-state index in [0.29, 0.717) is 11.4 Å². The van der Waals surface area contributed by atoms with Gasteiger partial charge in [-0.05, 0) is 43.8 Å². The summed E-state index contributed by atoms with van der Waals surface area (Å²) < 4.78 is 5.09. The first-order valence-corrected chi connectivity index (χ1v) is 6.64. The zero-order chi connectivity index (χ0) is 12.4. The van der Waals surface area contributed by atoms with Crippen LogP contribution in [0.3, 0.4) is 0 Å². The Morgan fingerprint density at radius 3 is 2.94 bits per heavy atom. The second-order valence-electron chi connectivity index (χ2n) is 5.32. The van der Waals surface area contributed by atoms with Crippen LogP contribution in [-0.2, 0) is 0 Å². The first-order chi connectivity index (χ1) is 8.81. The fourth-order valence-electron chi connectivity index (χ4n) is 3.10. The lowest BCUT2D eigenvalue weighted by molar-refractivity contribution is 0.232. The highest BCUT2D eigenvalue weighted by molar-refractivity contribution is 5.40. The molecular formula is C13H20N4O. The van der Waals surface area contributed by atoms with Crippen LogP contribution >= 0.6 is 0 Å². The number of hydrogen-bond acceptors (Lipinski definition) is 5. The van der Waals surface area contributed by atoms with Gasteiger partial charge < -0.3 is 15.0 Å². The molecule has 2 saturated heterocycles. The van der Waals surface area contributed by atoms with E-state index in [-0.39, 0.29) is 0 Å². The normalized spacial score (nSPS) is 22.4. The molecule has 18 heavy (non-hydrogen) atoms. The number of methoxy groups -OCH3 is 1. The van der Waals surface area contributed by atoms with Crippen LogP contribution in [0.25, 0.3) is 0 Å². The van der Waals surface area contributed by atoms with E-state index in [9.17, 15) is 0 Å². The molecule has 0 bridgehead atoms. The van der Waals surface area contributed by atoms with E-state index in [1.807, 2.05) is 6.07 Å². The number of rotatable bonds is 2. The van der Waals surface area contributed by atoms with Crippen LogP contribution in [-0.4, -0.2) is 43.3 Å². The highest BCUT2D eigenvalue weighted by Gasteiger charge is 2.39. The van der Waals surface area contributed by atoms with E-state index >= 15 is 0 Å². The minimum absolute atomic E-state index is 0.457. The minimum atomic E-state index is 0.457. The van der Waals surface area contributed by atoms with Crippen molar-refractivity contribution in [2.75, 3.05) is 38.2 Å². The number of ether oxygens (including phenoxy) is 1. The van der Waals surface area contributed by atoms with Gasteiger partial charge in [-0.2, -0.15) is 4.98 Å². The molecule has 0 unspecified atom stereocenters. The van der Waals surface area contributed by atoms with Gasteiger partial charge >= 0.3 is 6.01 Å². The van der Waals surface area contributed by atoms with E-state index in [0.717, 1.165) is 32.0 Å². The molecule has 5 nitrogen and oxygen atoms in total. The van der Waals surface area contributed by atoms with Gasteiger partial charge in [-0.25, -0.2) is 4.98 Å². The largest absolute Gasteiger partial charge is 0.467 e. The van der Waals surface area contributed by atoms with E-state index in [1.165, 1.54) is 19.3 Å². The summed E-state index contributed by atoms with van der Waals surface area (Å²) in [6.07, 6.45) is 5.62. The van der Waals surface area contributed by atoms with Crippen molar-refractivity contribution in [3.63, 3.8) is 0 Å². The molecule has 0 aromatic carbocycles. The summed E-state index contributed by atoms with van der Waals surface area (Å²) in [6.45, 7) is 4.52. The quantitative estimate of drug-likeness (QED) is 0.848. The summed E-state index contributed by atoms with van der Waals surface area (Å²) in [4.78, 5) is 10.9. The number of anilines is 1. The van der Waals surface area contributed by atoms with Crippen LogP contribution < -0.4 is 15.0 Å². The maximum Gasteiger partial charge on any atom is 0.318 e. The van der Waals surface area contributed by atoms with E-state index in [4.69, 9.17) is 4.74 Å². The highest BCUT2D eigenvalue weighted by atomic mass is 16.5. The topological polar surface area (TPSA) is 50.3 Å². The molecule has 2 aliphatic heterocycles. The van der Waals surface area contributed by atoms with Crippen LogP contribution in [0.4, 0.5) is 5.82 Å². The molecule has 1 spiro atoms. The Morgan fingerprint density at radius 1 is 1.33 bits per heavy atom. The Kier molecular flexibility index (Phi) is 3.07. The summed E-state index contributed by atoms with van der Waals surface area (Å²) in [5.41, 5.74) is 0.503. The predicted molar refractivity (Wildman–Crippen MR) is 70.0 cm³/mol. The molecule has 3 heterocycles. The maximum atomic E-state index is 5.09. The standard InChI is InChI=1S/C13H20N4O/c1-18-12-15-6-2-11(16-12)17-9-5-13(10-17)3-7-14-8-4-13/h2,6,14H,3-5,7-10H2,1H3. The second-order valence-corrected chi connectivity index (χ2v) is 5.32. The van der Waals surface area contributed by atoms with Crippen LogP contribution in [0.5, 0.6) is 6.01 Å². The molecule has 1 N–H and O–H groups in total. The number of aromatic nitrogens is 2. The van der Waals surface area contributed by atoms with Gasteiger partial charge in [0, 0.05) is 19.3 Å². The molecule has 2 fully saturated rings. The predicted octanol–water partition coefficient (Wildman–Crippen LogP) is 1.07. The molecule has 0 aliphatic carbocycles. The third-order valence-electron chi connectivity index (χ3n) is 4.23. The van der Waals surface area contributed by atoms with Crippen molar-refractivity contribution < 1.29 is 4.74 Å². The van der Waals surface area contributed by atoms with Crippen LogP contribution in [0, 0.1) is 5.41 Å². The first-order valence-electron chi connectivity index (χ1n) is 6.64. The molecule has 2 aliphatic rings. The van der Waals surface area contributed by atoms with Crippen LogP contribution in [0.15, 0.2) is 12.3 Å². The monoisotopic (exact) mass is 248 g/mol. The van der Waals surface area contributed by atoms with Gasteiger partial charge in [0.05, 0.1) is 7.11 Å². The minimum Gasteiger partial charge on any atom is -0.467 e. The van der Waals surface area contributed by atoms with Gasteiger partial charge in [0.15, 0.2) is 0 Å². The molecule has 0 saturated carbocycles. The molecule has 0 amide bonds. The maximum absolute atomic E-state index is 5.09. The van der Waals surface area contributed by atoms with Crippen LogP contribution in [0.1, 0.15) is 19.3 Å². The van der Waals surface area contributed by atoms with Crippen molar-refractivity contribution in [2.45, 2.75) is 19.3 Å². The van der Waals surface area contributed by atoms with Crippen molar-refractivity contribution in [1.29, 1.82) is 0 Å². The lowest BCUT2D eigenvalue weighted by Gasteiger charge is -2.33. The third-order valence-corrected chi connectivity index (χ3v) is 4.23. The summed E-state index contributed by atoms with van der Waals surface area (Å²) >= 11 is 0. The Balaban J connectivity index is 1.74. The van der Waals surface area contributed by atoms with Gasteiger partial charge in [0.1, 0.15) is 5.82 Å². The van der Waals surface area contributed by atoms with E-state index in [1.54, 1.807) is 13.3 Å². The lowest BCUT2D eigenvalue weighted by atomic mass is 9.78. The van der Waals surface area contributed by atoms with Gasteiger partial charge in [-0.15, -0.1) is 0 Å². The Labute approximate surface area is 108 Å². The highest BCUT2D eigenvalue weighted by Crippen LogP contribution is 2.39. The van der Waals surface area contributed by atoms with Gasteiger partial charge in [-0.3, -0.25) is 0 Å². The van der Waals surface area contributed by atoms with Crippen molar-refractivity contribution in [3.8, 4) is 6.01 Å². The summed E-state index contributed by atoms with van der Waals surface area (Å²) in [5.74, 6) is 0.997. The molecule has 0 atom stereocenters. The molecular weight excluding hydrogens is 228 g/mol. The SMILES string of the molecule is COc1nccc(N2CCC3(CCNCC3)C2)n1. The molecule has 1 aromatic rings. The fraction of sp³-hybridized carbons (Fsp3) is 0.692. The Hall–Kier alpha value is -1.36. The zero-order valence-corrected chi connectivity index (χ0v) is 10.9. The van der Waals surface area contributed by atoms with Gasteiger partial charge in [-0.1, -0.05) is 0 Å². The lowest BCUT2D eigenvalue weighted by Crippen LogP contribution is -2.38. The first kappa shape index (κ1) is 11.7. The zero-order valence-electron chi connectivity index (χ0n) is 10.9. The van der Waals surface area contributed by atoms with Crippen molar-refractivity contribution in [3.05, 3.63) is 12.3 Å². The van der Waals surface area contributed by atoms with E-state index < -0.39 is 0 Å². The Bertz CT molecular complexity index is 417. The van der Waals surface area contributed by atoms with Gasteiger partial charge in [0.2, 0.25) is 0 Å². The smallest absolute Gasteiger partial charge is 0.318 e. The third kappa shape index (κ3) is 2.14. The summed E-state index contributed by atoms with van der Waals surface area (Å²) in [6, 6.07) is 2.43. The molecule has 0 radical (unpaired) electrons. The average molecular weight is 248 g/mol. The molecule has 1 aromatic heterocycles. The number of nitrogens with one attached hydrogen (secondary N) is 1. The number of hydrogen-bond donors (Lipinski definition) is 1. The molecule has 5 heteroatoms. The fourth-order valence-corrected chi connectivity index (χ4v) is 3.10. The number of piperidine rings is 1. The summed E-state index contributed by atoms with van der Waals surface area (Å²) in [5, 5.41) is 3.44.